The van der Waals surface area contributed by atoms with E-state index in [1.54, 1.807) is 12.1 Å². The van der Waals surface area contributed by atoms with Gasteiger partial charge in [0.05, 0.1) is 6.26 Å². The van der Waals surface area contributed by atoms with E-state index < -0.39 is 10.0 Å². The summed E-state index contributed by atoms with van der Waals surface area (Å²) in [4.78, 5) is 4.60. The molecule has 2 atom stereocenters. The lowest BCUT2D eigenvalue weighted by Crippen LogP contribution is -2.27. The van der Waals surface area contributed by atoms with Gasteiger partial charge in [0.15, 0.2) is 0 Å². The van der Waals surface area contributed by atoms with Crippen molar-refractivity contribution in [3.05, 3.63) is 53.9 Å². The Bertz CT molecular complexity index is 819. The molecule has 0 unspecified atom stereocenters. The molecule has 0 aliphatic heterocycles. The van der Waals surface area contributed by atoms with Crippen molar-refractivity contribution >= 4 is 21.4 Å². The average molecular weight is 359 g/mol. The maximum absolute atomic E-state index is 11.3. The van der Waals surface area contributed by atoms with Gasteiger partial charge in [-0.1, -0.05) is 12.5 Å². The van der Waals surface area contributed by atoms with Crippen molar-refractivity contribution in [2.45, 2.75) is 44.6 Å². The quantitative estimate of drug-likeness (QED) is 0.849. The Labute approximate surface area is 149 Å². The number of hydrogen-bond acceptors (Lipinski definition) is 4. The predicted molar refractivity (Wildman–Crippen MR) is 103 cm³/mol. The van der Waals surface area contributed by atoms with E-state index in [9.17, 15) is 8.42 Å². The minimum absolute atomic E-state index is 0.411. The van der Waals surface area contributed by atoms with Crippen LogP contribution in [0.2, 0.25) is 0 Å². The van der Waals surface area contributed by atoms with Crippen molar-refractivity contribution in [2.24, 2.45) is 0 Å². The minimum Gasteiger partial charge on any atom is -0.382 e. The van der Waals surface area contributed by atoms with Crippen molar-refractivity contribution < 1.29 is 8.42 Å². The fourth-order valence-electron chi connectivity index (χ4n) is 3.58. The summed E-state index contributed by atoms with van der Waals surface area (Å²) >= 11 is 0. The SMILES string of the molecule is Cc1cccnc1[C@@H]1CCC[C@@H](Nc2ccc(NS(C)(=O)=O)cc2)C1. The molecule has 3 rings (SSSR count). The molecule has 1 aromatic carbocycles. The van der Waals surface area contributed by atoms with Gasteiger partial charge in [0, 0.05) is 35.2 Å². The molecular weight excluding hydrogens is 334 g/mol. The fraction of sp³-hybridized carbons (Fsp3) is 0.421. The molecule has 2 N–H and O–H groups in total. The van der Waals surface area contributed by atoms with E-state index in [4.69, 9.17) is 0 Å². The number of rotatable bonds is 5. The second-order valence-electron chi connectivity index (χ2n) is 6.86. The molecule has 6 heteroatoms. The van der Waals surface area contributed by atoms with Crippen LogP contribution in [0, 0.1) is 6.92 Å². The van der Waals surface area contributed by atoms with Crippen LogP contribution < -0.4 is 10.0 Å². The van der Waals surface area contributed by atoms with Gasteiger partial charge in [0.25, 0.3) is 0 Å². The molecule has 5 nitrogen and oxygen atoms in total. The molecule has 1 aliphatic rings. The van der Waals surface area contributed by atoms with Gasteiger partial charge in [-0.15, -0.1) is 0 Å². The Kier molecular flexibility index (Phi) is 5.27. The number of benzene rings is 1. The first kappa shape index (κ1) is 17.7. The number of aromatic nitrogens is 1. The van der Waals surface area contributed by atoms with Crippen molar-refractivity contribution in [2.75, 3.05) is 16.3 Å². The van der Waals surface area contributed by atoms with E-state index in [-0.39, 0.29) is 0 Å². The second kappa shape index (κ2) is 7.44. The molecule has 2 aromatic rings. The number of pyridine rings is 1. The van der Waals surface area contributed by atoms with Crippen LogP contribution in [0.15, 0.2) is 42.6 Å². The van der Waals surface area contributed by atoms with Crippen LogP contribution in [0.5, 0.6) is 0 Å². The lowest BCUT2D eigenvalue weighted by molar-refractivity contribution is 0.404. The lowest BCUT2D eigenvalue weighted by atomic mass is 9.82. The van der Waals surface area contributed by atoms with E-state index in [2.05, 4.69) is 28.0 Å². The molecule has 0 radical (unpaired) electrons. The molecule has 1 fully saturated rings. The third kappa shape index (κ3) is 4.95. The van der Waals surface area contributed by atoms with Gasteiger partial charge in [-0.05, 0) is 62.1 Å². The normalized spacial score (nSPS) is 20.9. The summed E-state index contributed by atoms with van der Waals surface area (Å²) in [6.07, 6.45) is 7.63. The summed E-state index contributed by atoms with van der Waals surface area (Å²) in [7, 11) is -3.24. The van der Waals surface area contributed by atoms with E-state index in [0.29, 0.717) is 17.6 Å². The topological polar surface area (TPSA) is 71.1 Å². The van der Waals surface area contributed by atoms with Gasteiger partial charge >= 0.3 is 0 Å². The van der Waals surface area contributed by atoms with Gasteiger partial charge in [-0.2, -0.15) is 0 Å². The number of hydrogen-bond donors (Lipinski definition) is 2. The molecule has 0 amide bonds. The minimum atomic E-state index is -3.24. The molecule has 0 spiro atoms. The lowest BCUT2D eigenvalue weighted by Gasteiger charge is -2.31. The first-order chi connectivity index (χ1) is 11.9. The zero-order valence-corrected chi connectivity index (χ0v) is 15.5. The Balaban J connectivity index is 1.64. The Morgan fingerprint density at radius 1 is 1.08 bits per heavy atom. The summed E-state index contributed by atoms with van der Waals surface area (Å²) in [5.41, 5.74) is 4.09. The molecule has 1 heterocycles. The largest absolute Gasteiger partial charge is 0.382 e. The Hall–Kier alpha value is -2.08. The van der Waals surface area contributed by atoms with Crippen LogP contribution in [0.25, 0.3) is 0 Å². The zero-order chi connectivity index (χ0) is 17.9. The molecule has 134 valence electrons. The third-order valence-electron chi connectivity index (χ3n) is 4.67. The Morgan fingerprint density at radius 2 is 1.80 bits per heavy atom. The molecule has 1 saturated carbocycles. The van der Waals surface area contributed by atoms with Crippen LogP contribution in [0.4, 0.5) is 11.4 Å². The van der Waals surface area contributed by atoms with Gasteiger partial charge in [-0.3, -0.25) is 9.71 Å². The molecule has 0 bridgehead atoms. The number of nitrogens with zero attached hydrogens (tertiary/aromatic N) is 1. The van der Waals surface area contributed by atoms with Gasteiger partial charge in [0.1, 0.15) is 0 Å². The summed E-state index contributed by atoms with van der Waals surface area (Å²) in [5, 5.41) is 3.59. The van der Waals surface area contributed by atoms with Gasteiger partial charge < -0.3 is 5.32 Å². The van der Waals surface area contributed by atoms with E-state index >= 15 is 0 Å². The Morgan fingerprint density at radius 3 is 2.48 bits per heavy atom. The van der Waals surface area contributed by atoms with Crippen molar-refractivity contribution in [3.8, 4) is 0 Å². The highest BCUT2D eigenvalue weighted by Gasteiger charge is 2.25. The first-order valence-electron chi connectivity index (χ1n) is 8.66. The second-order valence-corrected chi connectivity index (χ2v) is 8.61. The average Bonchev–Trinajstić information content (AvgIpc) is 2.56. The molecular formula is C19H25N3O2S. The summed E-state index contributed by atoms with van der Waals surface area (Å²) in [6, 6.07) is 11.9. The van der Waals surface area contributed by atoms with E-state index in [1.165, 1.54) is 24.1 Å². The number of sulfonamides is 1. The molecule has 1 aliphatic carbocycles. The number of anilines is 2. The number of nitrogens with one attached hydrogen (secondary N) is 2. The smallest absolute Gasteiger partial charge is 0.229 e. The highest BCUT2D eigenvalue weighted by Crippen LogP contribution is 2.34. The molecule has 25 heavy (non-hydrogen) atoms. The van der Waals surface area contributed by atoms with Crippen LogP contribution in [-0.4, -0.2) is 25.7 Å². The standard InChI is InChI=1S/C19H25N3O2S/c1-14-5-4-12-20-19(14)15-6-3-7-18(13-15)21-16-8-10-17(11-9-16)22-25(2,23)24/h4-5,8-12,15,18,21-22H,3,6-7,13H2,1-2H3/t15-,18-/m1/s1. The maximum Gasteiger partial charge on any atom is 0.229 e. The van der Waals surface area contributed by atoms with Crippen molar-refractivity contribution in [1.82, 2.24) is 4.98 Å². The van der Waals surface area contributed by atoms with Gasteiger partial charge in [-0.25, -0.2) is 8.42 Å². The van der Waals surface area contributed by atoms with Crippen LogP contribution in [0.1, 0.15) is 42.9 Å². The van der Waals surface area contributed by atoms with Crippen LogP contribution in [0.3, 0.4) is 0 Å². The van der Waals surface area contributed by atoms with Crippen molar-refractivity contribution in [3.63, 3.8) is 0 Å². The highest BCUT2D eigenvalue weighted by atomic mass is 32.2. The summed E-state index contributed by atoms with van der Waals surface area (Å²) in [5.74, 6) is 0.499. The van der Waals surface area contributed by atoms with E-state index in [0.717, 1.165) is 24.8 Å². The first-order valence-corrected chi connectivity index (χ1v) is 10.6. The maximum atomic E-state index is 11.3. The van der Waals surface area contributed by atoms with Crippen molar-refractivity contribution in [1.29, 1.82) is 0 Å². The highest BCUT2D eigenvalue weighted by molar-refractivity contribution is 7.92. The van der Waals surface area contributed by atoms with Crippen LogP contribution in [-0.2, 0) is 10.0 Å². The number of aryl methyl sites for hydroxylation is 1. The molecule has 0 saturated heterocycles. The van der Waals surface area contributed by atoms with Crippen LogP contribution >= 0.6 is 0 Å². The summed E-state index contributed by atoms with van der Waals surface area (Å²) < 4.78 is 25.0. The third-order valence-corrected chi connectivity index (χ3v) is 5.28. The monoisotopic (exact) mass is 359 g/mol. The van der Waals surface area contributed by atoms with E-state index in [1.807, 2.05) is 24.4 Å². The van der Waals surface area contributed by atoms with Gasteiger partial charge in [0.2, 0.25) is 10.0 Å². The fourth-order valence-corrected chi connectivity index (χ4v) is 4.14. The zero-order valence-electron chi connectivity index (χ0n) is 14.7. The predicted octanol–water partition coefficient (Wildman–Crippen LogP) is 3.90. The summed E-state index contributed by atoms with van der Waals surface area (Å²) in [6.45, 7) is 2.13. The molecule has 1 aromatic heterocycles.